The van der Waals surface area contributed by atoms with Crippen LogP contribution in [-0.2, 0) is 9.59 Å². The number of rotatable bonds is 6. The van der Waals surface area contributed by atoms with Gasteiger partial charge < -0.3 is 24.6 Å². The molecule has 9 nitrogen and oxygen atoms in total. The summed E-state index contributed by atoms with van der Waals surface area (Å²) >= 11 is 0. The normalized spacial score (nSPS) is 23.0. The number of hydrogen-bond donors (Lipinski definition) is 3. The molecule has 0 spiro atoms. The number of hydroxylamine groups is 1. The Labute approximate surface area is 193 Å². The van der Waals surface area contributed by atoms with Crippen molar-refractivity contribution in [3.05, 3.63) is 54.6 Å². The molecule has 2 aromatic carbocycles. The number of anilines is 1. The molecule has 2 aliphatic heterocycles. The smallest absolute Gasteiger partial charge is 0.248 e. The molecule has 0 aliphatic carbocycles. The molecule has 2 heterocycles. The second kappa shape index (κ2) is 10.5. The topological polar surface area (TPSA) is 103 Å². The first-order chi connectivity index (χ1) is 16.1. The number of amides is 2. The van der Waals surface area contributed by atoms with Crippen molar-refractivity contribution in [1.29, 1.82) is 0 Å². The molecule has 9 heteroatoms. The minimum Gasteiger partial charge on any atom is -0.497 e. The first-order valence-electron chi connectivity index (χ1n) is 11.2. The summed E-state index contributed by atoms with van der Waals surface area (Å²) in [5.41, 5.74) is 2.85. The lowest BCUT2D eigenvalue weighted by atomic mass is 9.87. The van der Waals surface area contributed by atoms with Crippen molar-refractivity contribution in [3.8, 4) is 11.5 Å². The zero-order valence-electron chi connectivity index (χ0n) is 18.6. The van der Waals surface area contributed by atoms with Crippen LogP contribution in [0.3, 0.4) is 0 Å². The number of hydrogen-bond acceptors (Lipinski definition) is 7. The van der Waals surface area contributed by atoms with Crippen molar-refractivity contribution in [1.82, 2.24) is 15.7 Å². The van der Waals surface area contributed by atoms with E-state index in [0.717, 1.165) is 18.8 Å². The van der Waals surface area contributed by atoms with Gasteiger partial charge in [0.1, 0.15) is 17.6 Å². The van der Waals surface area contributed by atoms with E-state index in [1.54, 1.807) is 23.6 Å². The van der Waals surface area contributed by atoms with Gasteiger partial charge >= 0.3 is 0 Å². The number of carbonyl (C=O) groups excluding carboxylic acids is 2. The summed E-state index contributed by atoms with van der Waals surface area (Å²) < 4.78 is 11.2. The fraction of sp³-hybridized carbons (Fsp3) is 0.417. The summed E-state index contributed by atoms with van der Waals surface area (Å²) in [6.45, 7) is 3.00. The third kappa shape index (κ3) is 5.37. The molecular weight excluding hydrogens is 424 g/mol. The molecule has 2 aromatic rings. The Kier molecular flexibility index (Phi) is 7.31. The molecule has 4 rings (SSSR count). The van der Waals surface area contributed by atoms with Crippen LogP contribution in [0.25, 0.3) is 0 Å². The summed E-state index contributed by atoms with van der Waals surface area (Å²) in [6, 6.07) is 16.6. The molecule has 2 amide bonds. The number of para-hydroxylation sites is 1. The van der Waals surface area contributed by atoms with Crippen LogP contribution < -0.4 is 25.2 Å². The van der Waals surface area contributed by atoms with Crippen molar-refractivity contribution < 1.29 is 24.3 Å². The SMILES string of the molecule is COc1cccc(O[C@@H]2CN[C@H](C(=O)N3CCN(c4ccccc4)CC3)[C@@H](C(=O)NO)C2)c1. The highest BCUT2D eigenvalue weighted by Gasteiger charge is 2.42. The van der Waals surface area contributed by atoms with Crippen LogP contribution >= 0.6 is 0 Å². The van der Waals surface area contributed by atoms with Gasteiger partial charge in [0.05, 0.1) is 19.1 Å². The van der Waals surface area contributed by atoms with E-state index >= 15 is 0 Å². The van der Waals surface area contributed by atoms with Gasteiger partial charge in [-0.15, -0.1) is 0 Å². The maximum atomic E-state index is 13.3. The van der Waals surface area contributed by atoms with Gasteiger partial charge in [-0.2, -0.15) is 0 Å². The molecule has 33 heavy (non-hydrogen) atoms. The average molecular weight is 455 g/mol. The summed E-state index contributed by atoms with van der Waals surface area (Å²) in [6.07, 6.45) is -0.0323. The number of methoxy groups -OCH3 is 1. The Balaban J connectivity index is 1.38. The third-order valence-corrected chi connectivity index (χ3v) is 6.25. The number of nitrogens with zero attached hydrogens (tertiary/aromatic N) is 2. The zero-order valence-corrected chi connectivity index (χ0v) is 18.6. The average Bonchev–Trinajstić information content (AvgIpc) is 2.88. The quantitative estimate of drug-likeness (QED) is 0.446. The van der Waals surface area contributed by atoms with Gasteiger partial charge in [0, 0.05) is 44.5 Å². The van der Waals surface area contributed by atoms with Crippen LogP contribution in [0, 0.1) is 5.92 Å². The molecule has 2 aliphatic rings. The van der Waals surface area contributed by atoms with Crippen molar-refractivity contribution in [2.24, 2.45) is 5.92 Å². The largest absolute Gasteiger partial charge is 0.497 e. The second-order valence-corrected chi connectivity index (χ2v) is 8.27. The first kappa shape index (κ1) is 22.9. The first-order valence-corrected chi connectivity index (χ1v) is 11.2. The van der Waals surface area contributed by atoms with E-state index in [4.69, 9.17) is 9.47 Å². The van der Waals surface area contributed by atoms with Crippen LogP contribution in [0.1, 0.15) is 6.42 Å². The highest BCUT2D eigenvalue weighted by molar-refractivity contribution is 5.90. The maximum Gasteiger partial charge on any atom is 0.248 e. The fourth-order valence-corrected chi connectivity index (χ4v) is 4.48. The number of piperazine rings is 1. The lowest BCUT2D eigenvalue weighted by molar-refractivity contribution is -0.145. The molecular formula is C24H30N4O5. The predicted molar refractivity (Wildman–Crippen MR) is 122 cm³/mol. The van der Waals surface area contributed by atoms with Gasteiger partial charge in [-0.3, -0.25) is 14.8 Å². The van der Waals surface area contributed by atoms with Gasteiger partial charge in [0.25, 0.3) is 0 Å². The van der Waals surface area contributed by atoms with Crippen molar-refractivity contribution in [2.75, 3.05) is 44.7 Å². The van der Waals surface area contributed by atoms with Crippen LogP contribution in [0.4, 0.5) is 5.69 Å². The van der Waals surface area contributed by atoms with E-state index in [2.05, 4.69) is 22.3 Å². The number of carbonyl (C=O) groups is 2. The lowest BCUT2D eigenvalue weighted by Gasteiger charge is -2.41. The van der Waals surface area contributed by atoms with E-state index in [-0.39, 0.29) is 12.0 Å². The predicted octanol–water partition coefficient (Wildman–Crippen LogP) is 1.27. The Morgan fingerprint density at radius 2 is 1.76 bits per heavy atom. The fourth-order valence-electron chi connectivity index (χ4n) is 4.48. The molecule has 2 saturated heterocycles. The van der Waals surface area contributed by atoms with Gasteiger partial charge in [0.15, 0.2) is 0 Å². The van der Waals surface area contributed by atoms with Crippen LogP contribution in [-0.4, -0.2) is 73.9 Å². The van der Waals surface area contributed by atoms with Crippen molar-refractivity contribution in [2.45, 2.75) is 18.6 Å². The van der Waals surface area contributed by atoms with Crippen LogP contribution in [0.15, 0.2) is 54.6 Å². The molecule has 0 unspecified atom stereocenters. The maximum absolute atomic E-state index is 13.3. The Hall–Kier alpha value is -3.30. The minimum absolute atomic E-state index is 0.129. The molecule has 0 radical (unpaired) electrons. The highest BCUT2D eigenvalue weighted by Crippen LogP contribution is 2.26. The van der Waals surface area contributed by atoms with Crippen LogP contribution in [0.5, 0.6) is 11.5 Å². The molecule has 0 bridgehead atoms. The van der Waals surface area contributed by atoms with Gasteiger partial charge in [-0.05, 0) is 30.7 Å². The number of benzene rings is 2. The zero-order chi connectivity index (χ0) is 23.2. The number of ether oxygens (including phenoxy) is 2. The number of nitrogens with one attached hydrogen (secondary N) is 2. The van der Waals surface area contributed by atoms with Gasteiger partial charge in [-0.1, -0.05) is 24.3 Å². The van der Waals surface area contributed by atoms with E-state index in [1.165, 1.54) is 0 Å². The van der Waals surface area contributed by atoms with Crippen LogP contribution in [0.2, 0.25) is 0 Å². The molecule has 2 fully saturated rings. The third-order valence-electron chi connectivity index (χ3n) is 6.25. The second-order valence-electron chi connectivity index (χ2n) is 8.27. The van der Waals surface area contributed by atoms with Crippen molar-refractivity contribution >= 4 is 17.5 Å². The summed E-state index contributed by atoms with van der Waals surface area (Å²) in [4.78, 5) is 29.8. The molecule has 0 aromatic heterocycles. The Bertz CT molecular complexity index is 949. The molecule has 0 saturated carbocycles. The Morgan fingerprint density at radius 3 is 2.45 bits per heavy atom. The van der Waals surface area contributed by atoms with E-state index in [1.807, 2.05) is 36.4 Å². The number of piperidine rings is 1. The summed E-state index contributed by atoms with van der Waals surface area (Å²) in [5, 5.41) is 12.5. The molecule has 3 N–H and O–H groups in total. The molecule has 176 valence electrons. The summed E-state index contributed by atoms with van der Waals surface area (Å²) in [7, 11) is 1.58. The van der Waals surface area contributed by atoms with E-state index < -0.39 is 17.9 Å². The van der Waals surface area contributed by atoms with E-state index in [9.17, 15) is 14.8 Å². The van der Waals surface area contributed by atoms with Crippen molar-refractivity contribution in [3.63, 3.8) is 0 Å². The summed E-state index contributed by atoms with van der Waals surface area (Å²) in [5.74, 6) is -0.187. The monoisotopic (exact) mass is 454 g/mol. The van der Waals surface area contributed by atoms with Gasteiger partial charge in [-0.25, -0.2) is 5.48 Å². The van der Waals surface area contributed by atoms with Gasteiger partial charge in [0.2, 0.25) is 11.8 Å². The minimum atomic E-state index is -0.751. The highest BCUT2D eigenvalue weighted by atomic mass is 16.5. The van der Waals surface area contributed by atoms with E-state index in [0.29, 0.717) is 37.6 Å². The standard InChI is InChI=1S/C24H30N4O5/c1-32-18-8-5-9-19(14-18)33-20-15-21(23(29)26-31)22(25-16-20)24(30)28-12-10-27(11-13-28)17-6-3-2-4-7-17/h2-9,14,20-22,25,31H,10-13,15-16H2,1H3,(H,26,29)/t20-,21-,22-/m0/s1. The lowest BCUT2D eigenvalue weighted by Crippen LogP contribution is -2.62. The molecule has 3 atom stereocenters. The Morgan fingerprint density at radius 1 is 1.03 bits per heavy atom.